The van der Waals surface area contributed by atoms with Gasteiger partial charge in [0.15, 0.2) is 0 Å². The molecule has 0 unspecified atom stereocenters. The average Bonchev–Trinajstić information content (AvgIpc) is 2.59. The van der Waals surface area contributed by atoms with Crippen molar-refractivity contribution >= 4 is 12.0 Å². The van der Waals surface area contributed by atoms with Crippen LogP contribution in [0.25, 0.3) is 0 Å². The fraction of sp³-hybridized carbons (Fsp3) is 0.444. The number of carboxylic acids is 1. The Kier molecular flexibility index (Phi) is 6.66. The minimum Gasteiger partial charge on any atom is -0.490 e. The van der Waals surface area contributed by atoms with E-state index in [0.717, 1.165) is 11.3 Å². The molecule has 1 fully saturated rings. The third-order valence-electron chi connectivity index (χ3n) is 4.16. The molecule has 1 aromatic rings. The van der Waals surface area contributed by atoms with E-state index in [9.17, 15) is 9.59 Å². The van der Waals surface area contributed by atoms with E-state index in [4.69, 9.17) is 9.84 Å². The van der Waals surface area contributed by atoms with Gasteiger partial charge in [0.1, 0.15) is 12.4 Å². The summed E-state index contributed by atoms with van der Waals surface area (Å²) in [5, 5.41) is 14.7. The second kappa shape index (κ2) is 8.96. The smallest absolute Gasteiger partial charge is 0.315 e. The van der Waals surface area contributed by atoms with Crippen LogP contribution in [0, 0.1) is 5.92 Å². The quantitative estimate of drug-likeness (QED) is 0.670. The highest BCUT2D eigenvalue weighted by atomic mass is 16.5. The number of nitrogens with one attached hydrogen (secondary N) is 2. The Labute approximate surface area is 141 Å². The summed E-state index contributed by atoms with van der Waals surface area (Å²) in [5.74, 6) is -0.246. The Bertz CT molecular complexity index is 563. The molecule has 0 radical (unpaired) electrons. The van der Waals surface area contributed by atoms with Crippen molar-refractivity contribution in [2.75, 3.05) is 6.61 Å². The fourth-order valence-electron chi connectivity index (χ4n) is 2.76. The molecule has 6 nitrogen and oxygen atoms in total. The van der Waals surface area contributed by atoms with E-state index in [1.165, 1.54) is 0 Å². The zero-order chi connectivity index (χ0) is 17.4. The molecule has 0 aliphatic heterocycles. The number of amides is 2. The molecule has 24 heavy (non-hydrogen) atoms. The molecule has 0 bridgehead atoms. The number of carbonyl (C=O) groups excluding carboxylic acids is 1. The van der Waals surface area contributed by atoms with Crippen molar-refractivity contribution < 1.29 is 19.4 Å². The van der Waals surface area contributed by atoms with Gasteiger partial charge in [-0.1, -0.05) is 24.8 Å². The molecule has 0 aromatic heterocycles. The third-order valence-corrected chi connectivity index (χ3v) is 4.16. The van der Waals surface area contributed by atoms with Crippen molar-refractivity contribution in [1.82, 2.24) is 10.6 Å². The first-order chi connectivity index (χ1) is 11.6. The summed E-state index contributed by atoms with van der Waals surface area (Å²) in [4.78, 5) is 22.8. The fourth-order valence-corrected chi connectivity index (χ4v) is 2.76. The zero-order valence-electron chi connectivity index (χ0n) is 13.7. The maximum absolute atomic E-state index is 11.9. The number of hydrogen-bond donors (Lipinski definition) is 3. The van der Waals surface area contributed by atoms with Gasteiger partial charge in [0.25, 0.3) is 0 Å². The lowest BCUT2D eigenvalue weighted by Crippen LogP contribution is -2.43. The molecule has 1 aliphatic carbocycles. The van der Waals surface area contributed by atoms with Crippen molar-refractivity contribution in [1.29, 1.82) is 0 Å². The van der Waals surface area contributed by atoms with Crippen LogP contribution in [-0.4, -0.2) is 29.8 Å². The minimum absolute atomic E-state index is 0.0512. The molecule has 1 saturated carbocycles. The van der Waals surface area contributed by atoms with Crippen molar-refractivity contribution in [3.8, 4) is 5.75 Å². The average molecular weight is 332 g/mol. The molecule has 130 valence electrons. The topological polar surface area (TPSA) is 87.7 Å². The SMILES string of the molecule is C=CCOc1ccc(CNC(=O)NC2CCC(C(=O)O)CC2)cc1. The second-order valence-electron chi connectivity index (χ2n) is 5.96. The van der Waals surface area contributed by atoms with Crippen LogP contribution in [0.1, 0.15) is 31.2 Å². The number of carboxylic acid groups (broad SMARTS) is 1. The molecule has 1 aliphatic rings. The van der Waals surface area contributed by atoms with E-state index in [2.05, 4.69) is 17.2 Å². The summed E-state index contributed by atoms with van der Waals surface area (Å²) >= 11 is 0. The normalized spacial score (nSPS) is 20.0. The van der Waals surface area contributed by atoms with Crippen molar-refractivity contribution in [2.45, 2.75) is 38.3 Å². The summed E-state index contributed by atoms with van der Waals surface area (Å²) in [6.45, 7) is 4.49. The number of hydrogen-bond acceptors (Lipinski definition) is 3. The predicted molar refractivity (Wildman–Crippen MR) is 90.9 cm³/mol. The van der Waals surface area contributed by atoms with Gasteiger partial charge in [-0.2, -0.15) is 0 Å². The molecule has 3 N–H and O–H groups in total. The van der Waals surface area contributed by atoms with Gasteiger partial charge in [-0.25, -0.2) is 4.79 Å². The van der Waals surface area contributed by atoms with Crippen LogP contribution in [-0.2, 0) is 11.3 Å². The Morgan fingerprint density at radius 1 is 1.21 bits per heavy atom. The number of ether oxygens (including phenoxy) is 1. The van der Waals surface area contributed by atoms with Crippen LogP contribution in [0.3, 0.4) is 0 Å². The van der Waals surface area contributed by atoms with Gasteiger partial charge in [0.05, 0.1) is 5.92 Å². The van der Waals surface area contributed by atoms with Crippen molar-refractivity contribution in [2.24, 2.45) is 5.92 Å². The highest BCUT2D eigenvalue weighted by Gasteiger charge is 2.26. The number of rotatable bonds is 7. The molecule has 0 saturated heterocycles. The van der Waals surface area contributed by atoms with E-state index in [1.807, 2.05) is 24.3 Å². The Hall–Kier alpha value is -2.50. The predicted octanol–water partition coefficient (Wildman–Crippen LogP) is 2.69. The molecule has 6 heteroatoms. The van der Waals surface area contributed by atoms with Gasteiger partial charge < -0.3 is 20.5 Å². The molecule has 2 amide bonds. The van der Waals surface area contributed by atoms with Crippen LogP contribution in [0.2, 0.25) is 0 Å². The Morgan fingerprint density at radius 3 is 2.46 bits per heavy atom. The molecule has 1 aromatic carbocycles. The van der Waals surface area contributed by atoms with Gasteiger partial charge in [0.2, 0.25) is 0 Å². The molecule has 0 heterocycles. The summed E-state index contributed by atoms with van der Waals surface area (Å²) in [5.41, 5.74) is 0.977. The molecular formula is C18H24N2O4. The highest BCUT2D eigenvalue weighted by molar-refractivity contribution is 5.74. The first-order valence-electron chi connectivity index (χ1n) is 8.18. The van der Waals surface area contributed by atoms with Gasteiger partial charge in [-0.3, -0.25) is 4.79 Å². The van der Waals surface area contributed by atoms with Crippen LogP contribution < -0.4 is 15.4 Å². The van der Waals surface area contributed by atoms with Crippen molar-refractivity contribution in [3.63, 3.8) is 0 Å². The van der Waals surface area contributed by atoms with Crippen LogP contribution in [0.15, 0.2) is 36.9 Å². The number of benzene rings is 1. The zero-order valence-corrected chi connectivity index (χ0v) is 13.7. The summed E-state index contributed by atoms with van der Waals surface area (Å²) in [6, 6.07) is 7.33. The lowest BCUT2D eigenvalue weighted by molar-refractivity contribution is -0.142. The summed E-state index contributed by atoms with van der Waals surface area (Å²) < 4.78 is 5.40. The number of urea groups is 1. The van der Waals surface area contributed by atoms with E-state index >= 15 is 0 Å². The monoisotopic (exact) mass is 332 g/mol. The summed E-state index contributed by atoms with van der Waals surface area (Å²) in [7, 11) is 0. The van der Waals surface area contributed by atoms with Crippen LogP contribution >= 0.6 is 0 Å². The maximum Gasteiger partial charge on any atom is 0.315 e. The van der Waals surface area contributed by atoms with E-state index in [-0.39, 0.29) is 18.0 Å². The molecule has 2 rings (SSSR count). The van der Waals surface area contributed by atoms with Crippen molar-refractivity contribution in [3.05, 3.63) is 42.5 Å². The molecular weight excluding hydrogens is 308 g/mol. The standard InChI is InChI=1S/C18H24N2O4/c1-2-11-24-16-9-3-13(4-10-16)12-19-18(23)20-15-7-5-14(6-8-15)17(21)22/h2-4,9-10,14-15H,1,5-8,11-12H2,(H,21,22)(H2,19,20,23). The van der Waals surface area contributed by atoms with Gasteiger partial charge in [-0.15, -0.1) is 0 Å². The van der Waals surface area contributed by atoms with Crippen LogP contribution in [0.5, 0.6) is 5.75 Å². The van der Waals surface area contributed by atoms with Crippen LogP contribution in [0.4, 0.5) is 4.79 Å². The van der Waals surface area contributed by atoms with Gasteiger partial charge in [-0.05, 0) is 43.4 Å². The molecule has 0 atom stereocenters. The summed E-state index contributed by atoms with van der Waals surface area (Å²) in [6.07, 6.45) is 4.34. The highest BCUT2D eigenvalue weighted by Crippen LogP contribution is 2.24. The lowest BCUT2D eigenvalue weighted by Gasteiger charge is -2.26. The van der Waals surface area contributed by atoms with Gasteiger partial charge >= 0.3 is 12.0 Å². The first-order valence-corrected chi connectivity index (χ1v) is 8.18. The molecule has 0 spiro atoms. The third kappa shape index (κ3) is 5.61. The maximum atomic E-state index is 11.9. The van der Waals surface area contributed by atoms with E-state index in [1.54, 1.807) is 6.08 Å². The second-order valence-corrected chi connectivity index (χ2v) is 5.96. The minimum atomic E-state index is -0.738. The Morgan fingerprint density at radius 2 is 1.88 bits per heavy atom. The van der Waals surface area contributed by atoms with E-state index in [0.29, 0.717) is 38.8 Å². The van der Waals surface area contributed by atoms with E-state index < -0.39 is 5.97 Å². The largest absolute Gasteiger partial charge is 0.490 e. The number of aliphatic carboxylic acids is 1. The van der Waals surface area contributed by atoms with Gasteiger partial charge in [0, 0.05) is 12.6 Å². The lowest BCUT2D eigenvalue weighted by atomic mass is 9.86. The number of carbonyl (C=O) groups is 2. The Balaban J connectivity index is 1.69. The first kappa shape index (κ1) is 17.8.